The molecule has 0 aliphatic carbocycles. The van der Waals surface area contributed by atoms with Gasteiger partial charge in [0.2, 0.25) is 11.8 Å². The minimum Gasteiger partial charge on any atom is -0.344 e. The quantitative estimate of drug-likeness (QED) is 0.857. The van der Waals surface area contributed by atoms with Gasteiger partial charge in [0.05, 0.1) is 5.69 Å². The van der Waals surface area contributed by atoms with Crippen LogP contribution >= 0.6 is 0 Å². The average Bonchev–Trinajstić information content (AvgIpc) is 2.96. The van der Waals surface area contributed by atoms with Crippen molar-refractivity contribution in [2.45, 2.75) is 38.6 Å². The van der Waals surface area contributed by atoms with Gasteiger partial charge in [0.15, 0.2) is 0 Å². The van der Waals surface area contributed by atoms with Gasteiger partial charge in [-0.2, -0.15) is 0 Å². The van der Waals surface area contributed by atoms with Crippen molar-refractivity contribution in [1.29, 1.82) is 0 Å². The first kappa shape index (κ1) is 17.9. The van der Waals surface area contributed by atoms with Crippen molar-refractivity contribution in [2.75, 3.05) is 24.5 Å². The third-order valence-corrected chi connectivity index (χ3v) is 5.38. The summed E-state index contributed by atoms with van der Waals surface area (Å²) in [5.74, 6) is 0.137. The number of carbonyl (C=O) groups excluding carboxylic acids is 2. The maximum atomic E-state index is 13.9. The van der Waals surface area contributed by atoms with Gasteiger partial charge in [0, 0.05) is 13.0 Å². The zero-order valence-electron chi connectivity index (χ0n) is 14.6. The summed E-state index contributed by atoms with van der Waals surface area (Å²) in [5, 5.41) is 6.18. The molecule has 1 aromatic rings. The van der Waals surface area contributed by atoms with E-state index in [1.54, 1.807) is 18.2 Å². The Morgan fingerprint density at radius 2 is 2.04 bits per heavy atom. The summed E-state index contributed by atoms with van der Waals surface area (Å²) < 4.78 is 13.9. The molecule has 3 rings (SSSR count). The van der Waals surface area contributed by atoms with E-state index in [0.717, 1.165) is 25.9 Å². The summed E-state index contributed by atoms with van der Waals surface area (Å²) in [4.78, 5) is 26.3. The van der Waals surface area contributed by atoms with Gasteiger partial charge in [-0.25, -0.2) is 4.39 Å². The number of piperidine rings is 1. The molecule has 2 atom stereocenters. The maximum absolute atomic E-state index is 13.9. The van der Waals surface area contributed by atoms with Crippen molar-refractivity contribution in [2.24, 2.45) is 11.8 Å². The molecule has 2 saturated heterocycles. The van der Waals surface area contributed by atoms with Crippen LogP contribution < -0.4 is 15.5 Å². The Morgan fingerprint density at radius 3 is 2.76 bits per heavy atom. The molecule has 136 valence electrons. The number of nitrogens with zero attached hydrogens (tertiary/aromatic N) is 1. The van der Waals surface area contributed by atoms with E-state index < -0.39 is 11.9 Å². The van der Waals surface area contributed by atoms with Crippen LogP contribution in [0, 0.1) is 17.7 Å². The highest BCUT2D eigenvalue weighted by Gasteiger charge is 2.35. The first-order valence-electron chi connectivity index (χ1n) is 9.12. The molecule has 2 unspecified atom stereocenters. The normalized spacial score (nSPS) is 22.9. The van der Waals surface area contributed by atoms with Crippen molar-refractivity contribution in [3.05, 3.63) is 30.1 Å². The number of hydrogen-bond donors (Lipinski definition) is 2. The summed E-state index contributed by atoms with van der Waals surface area (Å²) in [6, 6.07) is 5.69. The van der Waals surface area contributed by atoms with Gasteiger partial charge < -0.3 is 15.5 Å². The fourth-order valence-electron chi connectivity index (χ4n) is 3.85. The molecule has 5 nitrogen and oxygen atoms in total. The average molecular weight is 347 g/mol. The lowest BCUT2D eigenvalue weighted by molar-refractivity contribution is -0.127. The molecule has 6 heteroatoms. The highest BCUT2D eigenvalue weighted by Crippen LogP contribution is 2.26. The number of amides is 2. The molecule has 1 aromatic carbocycles. The maximum Gasteiger partial charge on any atom is 0.249 e. The van der Waals surface area contributed by atoms with Gasteiger partial charge in [-0.15, -0.1) is 0 Å². The van der Waals surface area contributed by atoms with Gasteiger partial charge in [-0.1, -0.05) is 19.1 Å². The lowest BCUT2D eigenvalue weighted by Crippen LogP contribution is -2.42. The Hall–Kier alpha value is -1.95. The smallest absolute Gasteiger partial charge is 0.249 e. The van der Waals surface area contributed by atoms with Crippen LogP contribution in [0.15, 0.2) is 24.3 Å². The Balaban J connectivity index is 1.54. The van der Waals surface area contributed by atoms with Crippen LogP contribution in [-0.2, 0) is 9.59 Å². The van der Waals surface area contributed by atoms with Gasteiger partial charge in [0.1, 0.15) is 11.9 Å². The molecule has 2 heterocycles. The zero-order chi connectivity index (χ0) is 17.8. The highest BCUT2D eigenvalue weighted by molar-refractivity contribution is 6.01. The molecule has 0 aromatic heterocycles. The monoisotopic (exact) mass is 347 g/mol. The van der Waals surface area contributed by atoms with Gasteiger partial charge >= 0.3 is 0 Å². The summed E-state index contributed by atoms with van der Waals surface area (Å²) in [5.41, 5.74) is 0.285. The Bertz CT molecular complexity index is 631. The van der Waals surface area contributed by atoms with Gasteiger partial charge in [0.25, 0.3) is 0 Å². The number of halogens is 1. The summed E-state index contributed by atoms with van der Waals surface area (Å²) in [7, 11) is 0. The van der Waals surface area contributed by atoms with Crippen LogP contribution in [0.2, 0.25) is 0 Å². The van der Waals surface area contributed by atoms with E-state index in [4.69, 9.17) is 0 Å². The number of anilines is 1. The predicted molar refractivity (Wildman–Crippen MR) is 94.7 cm³/mol. The van der Waals surface area contributed by atoms with Crippen molar-refractivity contribution in [1.82, 2.24) is 10.6 Å². The highest BCUT2D eigenvalue weighted by atomic mass is 19.1. The topological polar surface area (TPSA) is 61.4 Å². The van der Waals surface area contributed by atoms with E-state index in [-0.39, 0.29) is 17.5 Å². The predicted octanol–water partition coefficient (Wildman–Crippen LogP) is 2.07. The lowest BCUT2D eigenvalue weighted by atomic mass is 9.84. The Labute approximate surface area is 148 Å². The van der Waals surface area contributed by atoms with Crippen LogP contribution in [0.5, 0.6) is 0 Å². The van der Waals surface area contributed by atoms with Crippen molar-refractivity contribution >= 4 is 17.5 Å². The Morgan fingerprint density at radius 1 is 1.32 bits per heavy atom. The van der Waals surface area contributed by atoms with Crippen molar-refractivity contribution < 1.29 is 14.0 Å². The molecular weight excluding hydrogens is 321 g/mol. The molecule has 0 saturated carbocycles. The standard InChI is InChI=1S/C19H26FN3O2/c1-13(14-6-9-21-10-7-14)12-18(24)22-16-8-11-23(19(16)25)17-5-3-2-4-15(17)20/h2-5,13-14,16,21H,6-12H2,1H3,(H,22,24). The molecule has 0 radical (unpaired) electrons. The first-order chi connectivity index (χ1) is 12.1. The fraction of sp³-hybridized carbons (Fsp3) is 0.579. The third kappa shape index (κ3) is 4.18. The molecule has 2 aliphatic heterocycles. The first-order valence-corrected chi connectivity index (χ1v) is 9.12. The number of benzene rings is 1. The second-order valence-electron chi connectivity index (χ2n) is 7.12. The second kappa shape index (κ2) is 7.95. The molecule has 0 bridgehead atoms. The van der Waals surface area contributed by atoms with Gasteiger partial charge in [-0.3, -0.25) is 9.59 Å². The number of para-hydroxylation sites is 1. The zero-order valence-corrected chi connectivity index (χ0v) is 14.6. The van der Waals surface area contributed by atoms with E-state index in [1.807, 2.05) is 0 Å². The van der Waals surface area contributed by atoms with E-state index in [1.165, 1.54) is 11.0 Å². The summed E-state index contributed by atoms with van der Waals surface area (Å²) in [6.45, 7) is 4.55. The fourth-order valence-corrected chi connectivity index (χ4v) is 3.85. The molecule has 25 heavy (non-hydrogen) atoms. The van der Waals surface area contributed by atoms with E-state index in [2.05, 4.69) is 17.6 Å². The van der Waals surface area contributed by atoms with E-state index >= 15 is 0 Å². The van der Waals surface area contributed by atoms with Crippen molar-refractivity contribution in [3.63, 3.8) is 0 Å². The van der Waals surface area contributed by atoms with Crippen LogP contribution in [0.1, 0.15) is 32.6 Å². The molecule has 2 amide bonds. The summed E-state index contributed by atoms with van der Waals surface area (Å²) in [6.07, 6.45) is 3.14. The van der Waals surface area contributed by atoms with E-state index in [9.17, 15) is 14.0 Å². The van der Waals surface area contributed by atoms with Crippen LogP contribution in [0.4, 0.5) is 10.1 Å². The Kier molecular flexibility index (Phi) is 5.68. The summed E-state index contributed by atoms with van der Waals surface area (Å²) >= 11 is 0. The SMILES string of the molecule is CC(CC(=O)NC1CCN(c2ccccc2F)C1=O)C1CCNCC1. The van der Waals surface area contributed by atoms with Crippen LogP contribution in [0.25, 0.3) is 0 Å². The molecule has 2 aliphatic rings. The number of nitrogens with one attached hydrogen (secondary N) is 2. The van der Waals surface area contributed by atoms with Gasteiger partial charge in [-0.05, 0) is 56.3 Å². The lowest BCUT2D eigenvalue weighted by Gasteiger charge is -2.28. The molecule has 2 fully saturated rings. The molecular formula is C19H26FN3O2. The minimum absolute atomic E-state index is 0.0835. The minimum atomic E-state index is -0.549. The number of carbonyl (C=O) groups is 2. The molecule has 2 N–H and O–H groups in total. The van der Waals surface area contributed by atoms with E-state index in [0.29, 0.717) is 31.2 Å². The van der Waals surface area contributed by atoms with Crippen LogP contribution in [-0.4, -0.2) is 37.5 Å². The number of rotatable bonds is 5. The third-order valence-electron chi connectivity index (χ3n) is 5.38. The molecule has 0 spiro atoms. The van der Waals surface area contributed by atoms with Crippen molar-refractivity contribution in [3.8, 4) is 0 Å². The largest absolute Gasteiger partial charge is 0.344 e. The van der Waals surface area contributed by atoms with Crippen LogP contribution in [0.3, 0.4) is 0 Å². The second-order valence-corrected chi connectivity index (χ2v) is 7.12. The number of hydrogen-bond acceptors (Lipinski definition) is 3.